The lowest BCUT2D eigenvalue weighted by molar-refractivity contribution is -0.138. The van der Waals surface area contributed by atoms with E-state index in [2.05, 4.69) is 30.6 Å². The van der Waals surface area contributed by atoms with E-state index in [1.165, 1.54) is 18.5 Å². The molecule has 32 heavy (non-hydrogen) atoms. The topological polar surface area (TPSA) is 116 Å². The number of nitrogens with zero attached hydrogens (tertiary/aromatic N) is 5. The van der Waals surface area contributed by atoms with Crippen LogP contribution in [0.25, 0.3) is 11.0 Å². The molecule has 11 heteroatoms. The number of aromatic nitrogens is 4. The van der Waals surface area contributed by atoms with Crippen LogP contribution in [0.2, 0.25) is 5.02 Å². The van der Waals surface area contributed by atoms with Gasteiger partial charge in [0, 0.05) is 17.8 Å². The van der Waals surface area contributed by atoms with Gasteiger partial charge in [0.25, 0.3) is 0 Å². The van der Waals surface area contributed by atoms with Gasteiger partial charge in [-0.3, -0.25) is 9.69 Å². The second-order valence-electron chi connectivity index (χ2n) is 7.86. The highest BCUT2D eigenvalue weighted by Gasteiger charge is 2.25. The Morgan fingerprint density at radius 2 is 2.03 bits per heavy atom. The smallest absolute Gasteiger partial charge is 0.317 e. The number of carboxylic acid groups (broad SMARTS) is 1. The van der Waals surface area contributed by atoms with Crippen LogP contribution in [0.3, 0.4) is 0 Å². The van der Waals surface area contributed by atoms with Gasteiger partial charge in [0.2, 0.25) is 5.95 Å². The predicted molar refractivity (Wildman–Crippen MR) is 120 cm³/mol. The third kappa shape index (κ3) is 5.20. The summed E-state index contributed by atoms with van der Waals surface area (Å²) in [6.07, 6.45) is 6.61. The normalized spacial score (nSPS) is 18.6. The van der Waals surface area contributed by atoms with Gasteiger partial charge in [0.05, 0.1) is 17.8 Å². The van der Waals surface area contributed by atoms with Crippen LogP contribution in [0, 0.1) is 5.82 Å². The first-order chi connectivity index (χ1) is 15.4. The Hall–Kier alpha value is -3.11. The van der Waals surface area contributed by atoms with E-state index in [4.69, 9.17) is 16.7 Å². The highest BCUT2D eigenvalue weighted by molar-refractivity contribution is 6.31. The van der Waals surface area contributed by atoms with Gasteiger partial charge in [0.1, 0.15) is 23.2 Å². The van der Waals surface area contributed by atoms with Crippen molar-refractivity contribution in [1.82, 2.24) is 24.8 Å². The van der Waals surface area contributed by atoms with Crippen molar-refractivity contribution in [1.29, 1.82) is 0 Å². The average Bonchev–Trinajstić information content (AvgIpc) is 2.77. The first kappa shape index (κ1) is 22.1. The number of benzene rings is 1. The highest BCUT2D eigenvalue weighted by Crippen LogP contribution is 2.27. The minimum Gasteiger partial charge on any atom is -0.480 e. The lowest BCUT2D eigenvalue weighted by atomic mass is 9.90. The van der Waals surface area contributed by atoms with Crippen LogP contribution in [0.4, 0.5) is 21.8 Å². The third-order valence-electron chi connectivity index (χ3n) is 5.60. The molecule has 1 aromatic carbocycles. The molecule has 4 rings (SSSR count). The van der Waals surface area contributed by atoms with E-state index < -0.39 is 11.8 Å². The molecule has 2 aromatic heterocycles. The van der Waals surface area contributed by atoms with E-state index in [0.29, 0.717) is 28.5 Å². The Kier molecular flexibility index (Phi) is 6.61. The molecule has 0 unspecified atom stereocenters. The standard InChI is InChI=1S/C21H23ClFN7O2/c1-30(10-18(31)32)14-5-2-12(3-6-14)28-21-24-9-17-19(29-21)20(26-11-25-17)27-13-4-7-16(23)15(22)8-13/h4,7-9,11-12,14H,2-3,5-6,10H2,1H3,(H,31,32)(H,24,28,29)(H,25,26,27). The predicted octanol–water partition coefficient (Wildman–Crippen LogP) is 3.70. The molecule has 2 heterocycles. The molecule has 0 amide bonds. The molecule has 0 aliphatic heterocycles. The summed E-state index contributed by atoms with van der Waals surface area (Å²) in [6.45, 7) is 0.0472. The summed E-state index contributed by atoms with van der Waals surface area (Å²) in [4.78, 5) is 30.3. The minimum absolute atomic E-state index is 0.00921. The Morgan fingerprint density at radius 1 is 1.25 bits per heavy atom. The molecule has 1 aliphatic rings. The SMILES string of the molecule is CN(CC(=O)O)C1CCC(Nc2ncc3ncnc(Nc4ccc(F)c(Cl)c4)c3n2)CC1. The maximum Gasteiger partial charge on any atom is 0.317 e. The van der Waals surface area contributed by atoms with Crippen molar-refractivity contribution in [2.75, 3.05) is 24.2 Å². The zero-order valence-electron chi connectivity index (χ0n) is 17.4. The molecule has 3 aromatic rings. The quantitative estimate of drug-likeness (QED) is 0.486. The highest BCUT2D eigenvalue weighted by atomic mass is 35.5. The summed E-state index contributed by atoms with van der Waals surface area (Å²) in [5.74, 6) is -0.383. The van der Waals surface area contributed by atoms with Crippen LogP contribution in [-0.4, -0.2) is 61.6 Å². The molecule has 0 atom stereocenters. The third-order valence-corrected chi connectivity index (χ3v) is 5.89. The fourth-order valence-corrected chi connectivity index (χ4v) is 4.09. The second-order valence-corrected chi connectivity index (χ2v) is 8.27. The molecular weight excluding hydrogens is 437 g/mol. The van der Waals surface area contributed by atoms with Gasteiger partial charge in [-0.15, -0.1) is 0 Å². The number of rotatable bonds is 7. The number of anilines is 3. The summed E-state index contributed by atoms with van der Waals surface area (Å²) in [5.41, 5.74) is 1.67. The van der Waals surface area contributed by atoms with Crippen LogP contribution in [0.1, 0.15) is 25.7 Å². The van der Waals surface area contributed by atoms with Crippen molar-refractivity contribution in [3.63, 3.8) is 0 Å². The van der Waals surface area contributed by atoms with Gasteiger partial charge in [-0.1, -0.05) is 11.6 Å². The number of likely N-dealkylation sites (N-methyl/N-ethyl adjacent to an activating group) is 1. The fraction of sp³-hybridized carbons (Fsp3) is 0.381. The largest absolute Gasteiger partial charge is 0.480 e. The summed E-state index contributed by atoms with van der Waals surface area (Å²) in [6, 6.07) is 4.77. The van der Waals surface area contributed by atoms with Gasteiger partial charge in [0.15, 0.2) is 5.82 Å². The number of carboxylic acids is 1. The number of nitrogens with one attached hydrogen (secondary N) is 2. The van der Waals surface area contributed by atoms with E-state index in [-0.39, 0.29) is 23.7 Å². The van der Waals surface area contributed by atoms with Crippen LogP contribution < -0.4 is 10.6 Å². The summed E-state index contributed by atoms with van der Waals surface area (Å²) < 4.78 is 13.4. The van der Waals surface area contributed by atoms with Crippen LogP contribution >= 0.6 is 11.6 Å². The number of hydrogen-bond donors (Lipinski definition) is 3. The van der Waals surface area contributed by atoms with Crippen molar-refractivity contribution < 1.29 is 14.3 Å². The van der Waals surface area contributed by atoms with E-state index >= 15 is 0 Å². The van der Waals surface area contributed by atoms with Gasteiger partial charge in [-0.2, -0.15) is 0 Å². The van der Waals surface area contributed by atoms with Crippen molar-refractivity contribution >= 4 is 46.1 Å². The number of hydrogen-bond acceptors (Lipinski definition) is 8. The summed E-state index contributed by atoms with van der Waals surface area (Å²) >= 11 is 5.87. The summed E-state index contributed by atoms with van der Waals surface area (Å²) in [7, 11) is 1.85. The Balaban J connectivity index is 1.46. The number of carbonyl (C=O) groups is 1. The van der Waals surface area contributed by atoms with Crippen molar-refractivity contribution in [2.24, 2.45) is 0 Å². The number of aliphatic carboxylic acids is 1. The lowest BCUT2D eigenvalue weighted by Crippen LogP contribution is -2.40. The molecule has 0 spiro atoms. The molecule has 0 bridgehead atoms. The lowest BCUT2D eigenvalue weighted by Gasteiger charge is -2.34. The monoisotopic (exact) mass is 459 g/mol. The van der Waals surface area contributed by atoms with Gasteiger partial charge < -0.3 is 15.7 Å². The molecule has 168 valence electrons. The first-order valence-electron chi connectivity index (χ1n) is 10.3. The number of fused-ring (bicyclic) bond motifs is 1. The molecule has 0 saturated heterocycles. The van der Waals surface area contributed by atoms with E-state index in [0.717, 1.165) is 25.7 Å². The van der Waals surface area contributed by atoms with E-state index in [9.17, 15) is 9.18 Å². The Bertz CT molecular complexity index is 1120. The van der Waals surface area contributed by atoms with Crippen molar-refractivity contribution in [3.8, 4) is 0 Å². The van der Waals surface area contributed by atoms with Crippen LogP contribution in [-0.2, 0) is 4.79 Å². The Morgan fingerprint density at radius 3 is 2.75 bits per heavy atom. The number of halogens is 2. The van der Waals surface area contributed by atoms with Gasteiger partial charge in [-0.25, -0.2) is 24.3 Å². The molecule has 1 saturated carbocycles. The average molecular weight is 460 g/mol. The van der Waals surface area contributed by atoms with Gasteiger partial charge in [-0.05, 0) is 50.9 Å². The second kappa shape index (κ2) is 9.58. The maximum absolute atomic E-state index is 13.4. The zero-order valence-corrected chi connectivity index (χ0v) is 18.2. The zero-order chi connectivity index (χ0) is 22.7. The van der Waals surface area contributed by atoms with Crippen LogP contribution in [0.5, 0.6) is 0 Å². The molecule has 9 nitrogen and oxygen atoms in total. The molecular formula is C21H23ClFN7O2. The fourth-order valence-electron chi connectivity index (χ4n) is 3.91. The maximum atomic E-state index is 13.4. The summed E-state index contributed by atoms with van der Waals surface area (Å²) in [5, 5.41) is 15.5. The van der Waals surface area contributed by atoms with Crippen molar-refractivity contribution in [3.05, 3.63) is 41.6 Å². The Labute approximate surface area is 189 Å². The molecule has 1 fully saturated rings. The van der Waals surface area contributed by atoms with Crippen LogP contribution in [0.15, 0.2) is 30.7 Å². The molecule has 1 aliphatic carbocycles. The molecule has 3 N–H and O–H groups in total. The van der Waals surface area contributed by atoms with Crippen molar-refractivity contribution in [2.45, 2.75) is 37.8 Å². The first-order valence-corrected chi connectivity index (χ1v) is 10.6. The van der Waals surface area contributed by atoms with E-state index in [1.54, 1.807) is 12.3 Å². The van der Waals surface area contributed by atoms with E-state index in [1.807, 2.05) is 11.9 Å². The minimum atomic E-state index is -0.813. The molecule has 0 radical (unpaired) electrons. The van der Waals surface area contributed by atoms with Gasteiger partial charge >= 0.3 is 5.97 Å².